The lowest BCUT2D eigenvalue weighted by Gasteiger charge is -2.40. The number of pyridine rings is 1. The highest BCUT2D eigenvalue weighted by Gasteiger charge is 2.44. The number of aromatic nitrogens is 1. The zero-order valence-corrected chi connectivity index (χ0v) is 15.2. The Morgan fingerprint density at radius 1 is 1.20 bits per heavy atom. The van der Waals surface area contributed by atoms with Crippen molar-refractivity contribution in [3.05, 3.63) is 64.9 Å². The molecule has 0 amide bonds. The molecule has 0 spiro atoms. The van der Waals surface area contributed by atoms with Crippen molar-refractivity contribution in [2.24, 2.45) is 0 Å². The molecule has 1 aromatic carbocycles. The molecule has 0 radical (unpaired) electrons. The topological polar surface area (TPSA) is 42.4 Å². The first-order valence-electron chi connectivity index (χ1n) is 8.69. The number of ether oxygens (including phenoxy) is 1. The van der Waals surface area contributed by atoms with E-state index in [2.05, 4.69) is 34.1 Å². The van der Waals surface area contributed by atoms with Crippen LogP contribution in [-0.2, 0) is 21.5 Å². The van der Waals surface area contributed by atoms with E-state index in [1.165, 1.54) is 5.56 Å². The third-order valence-corrected chi connectivity index (χ3v) is 5.13. The van der Waals surface area contributed by atoms with Crippen molar-refractivity contribution in [2.75, 3.05) is 19.7 Å². The number of halogens is 1. The standard InChI is InChI=1S/C20H23ClN2O2/c1-2-25-19(24)20(17-8-9-18(21)22-14-17)10-12-23(13-11-20)15-16-6-4-3-5-7-16/h3-9,14H,2,10-13,15H2,1H3. The van der Waals surface area contributed by atoms with E-state index in [1.54, 1.807) is 12.3 Å². The maximum absolute atomic E-state index is 12.8. The van der Waals surface area contributed by atoms with Gasteiger partial charge in [-0.3, -0.25) is 9.69 Å². The minimum absolute atomic E-state index is 0.154. The third-order valence-electron chi connectivity index (χ3n) is 4.90. The highest BCUT2D eigenvalue weighted by molar-refractivity contribution is 6.29. The number of likely N-dealkylation sites (tertiary alicyclic amines) is 1. The molecule has 1 aliphatic rings. The van der Waals surface area contributed by atoms with Crippen molar-refractivity contribution >= 4 is 17.6 Å². The summed E-state index contributed by atoms with van der Waals surface area (Å²) in [5, 5.41) is 0.435. The van der Waals surface area contributed by atoms with Crippen LogP contribution in [0.4, 0.5) is 0 Å². The molecule has 4 nitrogen and oxygen atoms in total. The van der Waals surface area contributed by atoms with Gasteiger partial charge in [0, 0.05) is 12.7 Å². The lowest BCUT2D eigenvalue weighted by Crippen LogP contribution is -2.47. The fourth-order valence-corrected chi connectivity index (χ4v) is 3.59. The predicted molar refractivity (Wildman–Crippen MR) is 98.5 cm³/mol. The predicted octanol–water partition coefficient (Wildman–Crippen LogP) is 3.83. The Balaban J connectivity index is 1.76. The minimum Gasteiger partial charge on any atom is -0.465 e. The highest BCUT2D eigenvalue weighted by Crippen LogP contribution is 2.37. The summed E-state index contributed by atoms with van der Waals surface area (Å²) in [7, 11) is 0. The van der Waals surface area contributed by atoms with Crippen molar-refractivity contribution < 1.29 is 9.53 Å². The molecule has 0 N–H and O–H groups in total. The van der Waals surface area contributed by atoms with Crippen LogP contribution in [0.3, 0.4) is 0 Å². The van der Waals surface area contributed by atoms with Gasteiger partial charge in [0.25, 0.3) is 0 Å². The first-order chi connectivity index (χ1) is 12.1. The van der Waals surface area contributed by atoms with Gasteiger partial charge in [0.1, 0.15) is 5.15 Å². The van der Waals surface area contributed by atoms with E-state index in [1.807, 2.05) is 19.1 Å². The fourth-order valence-electron chi connectivity index (χ4n) is 3.47. The Labute approximate surface area is 153 Å². The van der Waals surface area contributed by atoms with Crippen LogP contribution in [0.25, 0.3) is 0 Å². The number of carbonyl (C=O) groups is 1. The SMILES string of the molecule is CCOC(=O)C1(c2ccc(Cl)nc2)CCN(Cc2ccccc2)CC1. The van der Waals surface area contributed by atoms with E-state index in [-0.39, 0.29) is 5.97 Å². The second kappa shape index (κ2) is 7.98. The fraction of sp³-hybridized carbons (Fsp3) is 0.400. The van der Waals surface area contributed by atoms with Gasteiger partial charge < -0.3 is 4.74 Å². The van der Waals surface area contributed by atoms with Crippen LogP contribution in [0.15, 0.2) is 48.7 Å². The molecular formula is C20H23ClN2O2. The molecule has 1 saturated heterocycles. The van der Waals surface area contributed by atoms with Crippen LogP contribution < -0.4 is 0 Å². The van der Waals surface area contributed by atoms with Crippen LogP contribution in [0.5, 0.6) is 0 Å². The van der Waals surface area contributed by atoms with Crippen LogP contribution in [0, 0.1) is 0 Å². The molecule has 0 unspecified atom stereocenters. The normalized spacial score (nSPS) is 17.2. The van der Waals surface area contributed by atoms with E-state index >= 15 is 0 Å². The van der Waals surface area contributed by atoms with Crippen LogP contribution in [0.2, 0.25) is 5.15 Å². The molecule has 2 heterocycles. The summed E-state index contributed by atoms with van der Waals surface area (Å²) in [4.78, 5) is 19.3. The van der Waals surface area contributed by atoms with Gasteiger partial charge in [-0.05, 0) is 50.0 Å². The monoisotopic (exact) mass is 358 g/mol. The van der Waals surface area contributed by atoms with Gasteiger partial charge in [0.05, 0.1) is 12.0 Å². The molecule has 1 aromatic heterocycles. The van der Waals surface area contributed by atoms with Gasteiger partial charge in [0.15, 0.2) is 0 Å². The minimum atomic E-state index is -0.624. The van der Waals surface area contributed by atoms with Crippen LogP contribution in [0.1, 0.15) is 30.9 Å². The molecular weight excluding hydrogens is 336 g/mol. The second-order valence-corrected chi connectivity index (χ2v) is 6.82. The van der Waals surface area contributed by atoms with Gasteiger partial charge in [0.2, 0.25) is 0 Å². The molecule has 1 fully saturated rings. The number of hydrogen-bond acceptors (Lipinski definition) is 4. The summed E-state index contributed by atoms with van der Waals surface area (Å²) in [6.07, 6.45) is 3.16. The number of piperidine rings is 1. The molecule has 0 bridgehead atoms. The molecule has 2 aromatic rings. The molecule has 0 aliphatic carbocycles. The number of carbonyl (C=O) groups excluding carboxylic acids is 1. The summed E-state index contributed by atoms with van der Waals surface area (Å²) in [5.74, 6) is -0.154. The Morgan fingerprint density at radius 3 is 2.52 bits per heavy atom. The number of rotatable bonds is 5. The van der Waals surface area contributed by atoms with E-state index in [0.717, 1.165) is 38.0 Å². The summed E-state index contributed by atoms with van der Waals surface area (Å²) in [6, 6.07) is 14.1. The zero-order valence-electron chi connectivity index (χ0n) is 14.5. The molecule has 25 heavy (non-hydrogen) atoms. The highest BCUT2D eigenvalue weighted by atomic mass is 35.5. The molecule has 1 aliphatic heterocycles. The zero-order chi connectivity index (χ0) is 17.7. The van der Waals surface area contributed by atoms with Gasteiger partial charge in [-0.2, -0.15) is 0 Å². The van der Waals surface area contributed by atoms with Gasteiger partial charge in [-0.1, -0.05) is 48.0 Å². The van der Waals surface area contributed by atoms with E-state index in [4.69, 9.17) is 16.3 Å². The summed E-state index contributed by atoms with van der Waals surface area (Å²) in [6.45, 7) is 4.82. The van der Waals surface area contributed by atoms with Crippen LogP contribution >= 0.6 is 11.6 Å². The first-order valence-corrected chi connectivity index (χ1v) is 9.07. The van der Waals surface area contributed by atoms with E-state index in [0.29, 0.717) is 11.8 Å². The Kier molecular flexibility index (Phi) is 5.71. The number of benzene rings is 1. The molecule has 0 atom stereocenters. The summed E-state index contributed by atoms with van der Waals surface area (Å²) >= 11 is 5.91. The number of esters is 1. The second-order valence-electron chi connectivity index (χ2n) is 6.43. The molecule has 3 rings (SSSR count). The van der Waals surface area contributed by atoms with Gasteiger partial charge in [-0.15, -0.1) is 0 Å². The van der Waals surface area contributed by atoms with Crippen molar-refractivity contribution in [3.63, 3.8) is 0 Å². The summed E-state index contributed by atoms with van der Waals surface area (Å²) in [5.41, 5.74) is 1.56. The van der Waals surface area contributed by atoms with Crippen molar-refractivity contribution in [2.45, 2.75) is 31.7 Å². The number of hydrogen-bond donors (Lipinski definition) is 0. The molecule has 5 heteroatoms. The smallest absolute Gasteiger partial charge is 0.316 e. The van der Waals surface area contributed by atoms with Crippen LogP contribution in [-0.4, -0.2) is 35.5 Å². The maximum atomic E-state index is 12.8. The van der Waals surface area contributed by atoms with E-state index in [9.17, 15) is 4.79 Å². The lowest BCUT2D eigenvalue weighted by atomic mass is 9.73. The largest absolute Gasteiger partial charge is 0.465 e. The number of nitrogens with zero attached hydrogens (tertiary/aromatic N) is 2. The summed E-state index contributed by atoms with van der Waals surface area (Å²) < 4.78 is 5.40. The molecule has 132 valence electrons. The van der Waals surface area contributed by atoms with Crippen molar-refractivity contribution in [1.29, 1.82) is 0 Å². The lowest BCUT2D eigenvalue weighted by molar-refractivity contribution is -0.152. The third kappa shape index (κ3) is 4.02. The van der Waals surface area contributed by atoms with Crippen molar-refractivity contribution in [1.82, 2.24) is 9.88 Å². The molecule has 0 saturated carbocycles. The van der Waals surface area contributed by atoms with Gasteiger partial charge >= 0.3 is 5.97 Å². The average Bonchev–Trinajstić information content (AvgIpc) is 2.64. The van der Waals surface area contributed by atoms with Gasteiger partial charge in [-0.25, -0.2) is 4.98 Å². The maximum Gasteiger partial charge on any atom is 0.316 e. The average molecular weight is 359 g/mol. The van der Waals surface area contributed by atoms with Crippen molar-refractivity contribution in [3.8, 4) is 0 Å². The Bertz CT molecular complexity index is 695. The quantitative estimate of drug-likeness (QED) is 0.601. The Morgan fingerprint density at radius 2 is 1.92 bits per heavy atom. The Hall–Kier alpha value is -1.91. The van der Waals surface area contributed by atoms with E-state index < -0.39 is 5.41 Å². The first kappa shape index (κ1) is 17.9.